The average molecular weight is 407 g/mol. The van der Waals surface area contributed by atoms with Crippen molar-refractivity contribution in [3.8, 4) is 11.8 Å². The molecule has 5 N–H and O–H groups in total. The number of nitrogens with one attached hydrogen (secondary N) is 2. The number of amides is 2. The van der Waals surface area contributed by atoms with Crippen molar-refractivity contribution >= 4 is 17.6 Å². The predicted octanol–water partition coefficient (Wildman–Crippen LogP) is 0.601. The van der Waals surface area contributed by atoms with Gasteiger partial charge in [-0.3, -0.25) is 14.4 Å². The van der Waals surface area contributed by atoms with Gasteiger partial charge in [0.25, 0.3) is 5.91 Å². The molecule has 7 nitrogen and oxygen atoms in total. The number of hydrogen-bond donors (Lipinski definition) is 4. The van der Waals surface area contributed by atoms with Gasteiger partial charge in [-0.15, -0.1) is 0 Å². The van der Waals surface area contributed by atoms with E-state index in [1.54, 1.807) is 24.3 Å². The topological polar surface area (TPSA) is 122 Å². The third-order valence-electron chi connectivity index (χ3n) is 4.23. The zero-order valence-corrected chi connectivity index (χ0v) is 16.6. The first-order valence-corrected chi connectivity index (χ1v) is 9.62. The van der Waals surface area contributed by atoms with Gasteiger partial charge in [0.1, 0.15) is 12.6 Å². The average Bonchev–Trinajstić information content (AvgIpc) is 2.79. The number of Topliss-reactive ketones (excluding diaryl/α,β-unsaturated/α-hetero) is 1. The zero-order valence-electron chi connectivity index (χ0n) is 16.6. The Hall–Kier alpha value is -3.47. The molecule has 0 radical (unpaired) electrons. The monoisotopic (exact) mass is 407 g/mol. The number of benzene rings is 2. The summed E-state index contributed by atoms with van der Waals surface area (Å²) in [6.45, 7) is -0.457. The molecule has 2 aromatic rings. The van der Waals surface area contributed by atoms with Crippen molar-refractivity contribution in [2.75, 3.05) is 19.7 Å². The summed E-state index contributed by atoms with van der Waals surface area (Å²) in [6.07, 6.45) is 0.756. The largest absolute Gasteiger partial charge is 0.388 e. The van der Waals surface area contributed by atoms with Crippen molar-refractivity contribution in [3.05, 3.63) is 71.3 Å². The van der Waals surface area contributed by atoms with E-state index in [-0.39, 0.29) is 18.9 Å². The Morgan fingerprint density at radius 1 is 0.967 bits per heavy atom. The lowest BCUT2D eigenvalue weighted by molar-refractivity contribution is -0.124. The van der Waals surface area contributed by atoms with Gasteiger partial charge in [-0.05, 0) is 49.4 Å². The van der Waals surface area contributed by atoms with E-state index in [0.29, 0.717) is 18.5 Å². The van der Waals surface area contributed by atoms with Crippen LogP contribution in [0.15, 0.2) is 54.6 Å². The molecule has 0 unspecified atom stereocenters. The van der Waals surface area contributed by atoms with Crippen molar-refractivity contribution in [1.82, 2.24) is 10.6 Å². The molecule has 0 bridgehead atoms. The summed E-state index contributed by atoms with van der Waals surface area (Å²) >= 11 is 0. The van der Waals surface area contributed by atoms with Gasteiger partial charge >= 0.3 is 0 Å². The summed E-state index contributed by atoms with van der Waals surface area (Å²) in [5.74, 6) is 4.71. The first kappa shape index (κ1) is 22.8. The highest BCUT2D eigenvalue weighted by Crippen LogP contribution is 2.05. The van der Waals surface area contributed by atoms with E-state index in [4.69, 9.17) is 10.8 Å². The Kier molecular flexibility index (Phi) is 9.25. The molecule has 0 aliphatic heterocycles. The molecule has 0 aliphatic carbocycles. The first-order chi connectivity index (χ1) is 14.5. The van der Waals surface area contributed by atoms with Gasteiger partial charge in [0.05, 0.1) is 0 Å². The Labute approximate surface area is 175 Å². The fourth-order valence-electron chi connectivity index (χ4n) is 2.53. The van der Waals surface area contributed by atoms with Crippen molar-refractivity contribution in [3.63, 3.8) is 0 Å². The highest BCUT2D eigenvalue weighted by atomic mass is 16.3. The van der Waals surface area contributed by atoms with Crippen LogP contribution in [-0.4, -0.2) is 48.4 Å². The second kappa shape index (κ2) is 12.2. The van der Waals surface area contributed by atoms with Crippen LogP contribution in [0.3, 0.4) is 0 Å². The van der Waals surface area contributed by atoms with Crippen LogP contribution in [-0.2, 0) is 9.59 Å². The summed E-state index contributed by atoms with van der Waals surface area (Å²) < 4.78 is 0. The van der Waals surface area contributed by atoms with E-state index >= 15 is 0 Å². The lowest BCUT2D eigenvalue weighted by Gasteiger charge is -2.17. The highest BCUT2D eigenvalue weighted by Gasteiger charge is 2.21. The van der Waals surface area contributed by atoms with E-state index < -0.39 is 24.3 Å². The van der Waals surface area contributed by atoms with Crippen LogP contribution >= 0.6 is 0 Å². The molecule has 0 fully saturated rings. The van der Waals surface area contributed by atoms with Gasteiger partial charge in [0, 0.05) is 29.7 Å². The summed E-state index contributed by atoms with van der Waals surface area (Å²) in [5.41, 5.74) is 7.33. The standard InChI is InChI=1S/C23H25N3O4/c24-14-4-7-22(29)25-15-20(21(28)16-27)26-23(30)19-12-10-18(11-13-19)9-8-17-5-2-1-3-6-17/h1-3,5-6,10-13,20,27H,4,7,14-16,24H2,(H,25,29)(H,26,30)/t20-/m0/s1. The van der Waals surface area contributed by atoms with Crippen LogP contribution in [0.1, 0.15) is 34.3 Å². The van der Waals surface area contributed by atoms with Crippen molar-refractivity contribution < 1.29 is 19.5 Å². The number of aliphatic hydroxyl groups excluding tert-OH is 1. The molecule has 2 rings (SSSR count). The van der Waals surface area contributed by atoms with Gasteiger partial charge < -0.3 is 21.5 Å². The number of hydrogen-bond acceptors (Lipinski definition) is 5. The molecule has 1 atom stereocenters. The molecule has 0 saturated heterocycles. The first-order valence-electron chi connectivity index (χ1n) is 9.62. The second-order valence-corrected chi connectivity index (χ2v) is 6.54. The molecular weight excluding hydrogens is 382 g/mol. The molecule has 7 heteroatoms. The quantitative estimate of drug-likeness (QED) is 0.454. The van der Waals surface area contributed by atoms with Crippen LogP contribution in [0, 0.1) is 11.8 Å². The number of carbonyl (C=O) groups excluding carboxylic acids is 3. The Balaban J connectivity index is 1.98. The van der Waals surface area contributed by atoms with E-state index in [0.717, 1.165) is 11.1 Å². The number of rotatable bonds is 9. The maximum Gasteiger partial charge on any atom is 0.251 e. The van der Waals surface area contributed by atoms with Crippen molar-refractivity contribution in [2.45, 2.75) is 18.9 Å². The molecule has 0 spiro atoms. The van der Waals surface area contributed by atoms with Crippen LogP contribution in [0.5, 0.6) is 0 Å². The van der Waals surface area contributed by atoms with Gasteiger partial charge in [-0.25, -0.2) is 0 Å². The molecular formula is C23H25N3O4. The zero-order chi connectivity index (χ0) is 21.8. The minimum absolute atomic E-state index is 0.102. The molecule has 156 valence electrons. The molecule has 0 aliphatic rings. The molecule has 0 heterocycles. The number of ketones is 1. The van der Waals surface area contributed by atoms with Crippen molar-refractivity contribution in [2.24, 2.45) is 5.73 Å². The van der Waals surface area contributed by atoms with Gasteiger partial charge in [0.2, 0.25) is 5.91 Å². The minimum Gasteiger partial charge on any atom is -0.388 e. The SMILES string of the molecule is NCCCC(=O)NC[C@H](NC(=O)c1ccc(C#Cc2ccccc2)cc1)C(=O)CO. The van der Waals surface area contributed by atoms with E-state index in [1.807, 2.05) is 30.3 Å². The van der Waals surface area contributed by atoms with Crippen LogP contribution in [0.25, 0.3) is 0 Å². The Morgan fingerprint density at radius 3 is 2.20 bits per heavy atom. The predicted molar refractivity (Wildman–Crippen MR) is 114 cm³/mol. The van der Waals surface area contributed by atoms with E-state index in [1.165, 1.54) is 0 Å². The van der Waals surface area contributed by atoms with E-state index in [9.17, 15) is 14.4 Å². The summed E-state index contributed by atoms with van der Waals surface area (Å²) in [5, 5.41) is 14.3. The van der Waals surface area contributed by atoms with Gasteiger partial charge in [-0.1, -0.05) is 30.0 Å². The molecule has 30 heavy (non-hydrogen) atoms. The van der Waals surface area contributed by atoms with Gasteiger partial charge in [0.15, 0.2) is 5.78 Å². The van der Waals surface area contributed by atoms with Crippen LogP contribution in [0.4, 0.5) is 0 Å². The lowest BCUT2D eigenvalue weighted by Crippen LogP contribution is -2.49. The lowest BCUT2D eigenvalue weighted by atomic mass is 10.1. The third kappa shape index (κ3) is 7.51. The Morgan fingerprint density at radius 2 is 1.60 bits per heavy atom. The second-order valence-electron chi connectivity index (χ2n) is 6.54. The highest BCUT2D eigenvalue weighted by molar-refractivity contribution is 5.98. The van der Waals surface area contributed by atoms with Crippen molar-refractivity contribution in [1.29, 1.82) is 0 Å². The number of nitrogens with two attached hydrogens (primary N) is 1. The fourth-order valence-corrected chi connectivity index (χ4v) is 2.53. The smallest absolute Gasteiger partial charge is 0.251 e. The summed E-state index contributed by atoms with van der Waals surface area (Å²) in [6, 6.07) is 15.1. The normalized spacial score (nSPS) is 11.0. The summed E-state index contributed by atoms with van der Waals surface area (Å²) in [7, 11) is 0. The minimum atomic E-state index is -1.03. The fraction of sp³-hybridized carbons (Fsp3) is 0.261. The molecule has 2 aromatic carbocycles. The molecule has 0 aromatic heterocycles. The van der Waals surface area contributed by atoms with Crippen LogP contribution in [0.2, 0.25) is 0 Å². The molecule has 0 saturated carbocycles. The van der Waals surface area contributed by atoms with Crippen LogP contribution < -0.4 is 16.4 Å². The maximum absolute atomic E-state index is 12.5. The molecule has 2 amide bonds. The van der Waals surface area contributed by atoms with Gasteiger partial charge in [-0.2, -0.15) is 0 Å². The summed E-state index contributed by atoms with van der Waals surface area (Å²) in [4.78, 5) is 36.1. The Bertz CT molecular complexity index is 915. The number of aliphatic hydroxyl groups is 1. The maximum atomic E-state index is 12.5. The number of carbonyl (C=O) groups is 3. The van der Waals surface area contributed by atoms with E-state index in [2.05, 4.69) is 22.5 Å². The third-order valence-corrected chi connectivity index (χ3v) is 4.23.